The molecule has 0 aliphatic heterocycles. The van der Waals surface area contributed by atoms with Crippen LogP contribution in [0.2, 0.25) is 5.02 Å². The summed E-state index contributed by atoms with van der Waals surface area (Å²) in [6.45, 7) is 0. The topological polar surface area (TPSA) is 38.0 Å². The molecule has 0 unspecified atom stereocenters. The van der Waals surface area contributed by atoms with Gasteiger partial charge < -0.3 is 5.21 Å². The fourth-order valence-corrected chi connectivity index (χ4v) is 0.422. The Labute approximate surface area is 45.1 Å². The van der Waals surface area contributed by atoms with Crippen LogP contribution in [0.4, 0.5) is 0 Å². The van der Waals surface area contributed by atoms with Gasteiger partial charge in [0.1, 0.15) is 0 Å². The zero-order valence-corrected chi connectivity index (χ0v) is 4.13. The first-order chi connectivity index (χ1) is 3.29. The first-order valence-corrected chi connectivity index (χ1v) is 2.06. The Morgan fingerprint density at radius 1 is 1.86 bits per heavy atom. The van der Waals surface area contributed by atoms with Crippen LogP contribution in [0.15, 0.2) is 12.4 Å². The lowest BCUT2D eigenvalue weighted by Crippen LogP contribution is -1.86. The molecule has 0 saturated carbocycles. The van der Waals surface area contributed by atoms with Gasteiger partial charge >= 0.3 is 0 Å². The smallest absolute Gasteiger partial charge is 0.0851 e. The van der Waals surface area contributed by atoms with Gasteiger partial charge in [-0.1, -0.05) is 11.6 Å². The molecule has 0 spiro atoms. The van der Waals surface area contributed by atoms with Crippen LogP contribution in [0.3, 0.4) is 0 Å². The molecule has 1 N–H and O–H groups in total. The molecule has 1 heterocycles. The molecule has 1 aromatic rings. The molecule has 3 nitrogen and oxygen atoms in total. The summed E-state index contributed by atoms with van der Waals surface area (Å²) in [6, 6.07) is 0. The van der Waals surface area contributed by atoms with Crippen molar-refractivity contribution in [1.82, 2.24) is 9.94 Å². The molecule has 4 heteroatoms. The van der Waals surface area contributed by atoms with E-state index in [1.807, 2.05) is 0 Å². The second kappa shape index (κ2) is 1.42. The van der Waals surface area contributed by atoms with E-state index in [1.54, 1.807) is 0 Å². The summed E-state index contributed by atoms with van der Waals surface area (Å²) in [5, 5.41) is 12.2. The maximum absolute atomic E-state index is 8.37. The Morgan fingerprint density at radius 2 is 2.57 bits per heavy atom. The van der Waals surface area contributed by atoms with Crippen molar-refractivity contribution < 1.29 is 5.21 Å². The number of hydrogen-bond donors (Lipinski definition) is 1. The summed E-state index contributed by atoms with van der Waals surface area (Å²) in [6.07, 6.45) is 2.64. The van der Waals surface area contributed by atoms with Gasteiger partial charge in [-0.25, -0.2) is 0 Å². The third-order valence-electron chi connectivity index (χ3n) is 0.538. The second-order valence-corrected chi connectivity index (χ2v) is 1.52. The van der Waals surface area contributed by atoms with Crippen LogP contribution in [-0.4, -0.2) is 15.2 Å². The molecule has 0 fully saturated rings. The van der Waals surface area contributed by atoms with Crippen molar-refractivity contribution in [1.29, 1.82) is 0 Å². The van der Waals surface area contributed by atoms with Crippen LogP contribution >= 0.6 is 11.6 Å². The fraction of sp³-hybridized carbons (Fsp3) is 0. The van der Waals surface area contributed by atoms with Crippen LogP contribution in [-0.2, 0) is 0 Å². The van der Waals surface area contributed by atoms with E-state index in [9.17, 15) is 0 Å². The molecule has 0 aromatic carbocycles. The van der Waals surface area contributed by atoms with Crippen LogP contribution in [0, 0.1) is 0 Å². The quantitative estimate of drug-likeness (QED) is 0.511. The van der Waals surface area contributed by atoms with E-state index in [-0.39, 0.29) is 0 Å². The van der Waals surface area contributed by atoms with Crippen molar-refractivity contribution >= 4 is 11.6 Å². The second-order valence-electron chi connectivity index (χ2n) is 1.08. The Morgan fingerprint density at radius 3 is 2.71 bits per heavy atom. The normalized spacial score (nSPS) is 9.29. The van der Waals surface area contributed by atoms with Crippen molar-refractivity contribution in [3.05, 3.63) is 17.4 Å². The molecule has 38 valence electrons. The maximum Gasteiger partial charge on any atom is 0.0851 e. The number of hydrogen-bond acceptors (Lipinski definition) is 2. The van der Waals surface area contributed by atoms with Crippen molar-refractivity contribution in [2.75, 3.05) is 0 Å². The Bertz CT molecular complexity index is 145. The summed E-state index contributed by atoms with van der Waals surface area (Å²) in [7, 11) is 0. The molecule has 7 heavy (non-hydrogen) atoms. The Hall–Kier alpha value is -0.700. The first-order valence-electron chi connectivity index (χ1n) is 1.68. The highest BCUT2D eigenvalue weighted by atomic mass is 35.5. The molecule has 1 aromatic heterocycles. The van der Waals surface area contributed by atoms with Gasteiger partial charge in [-0.05, 0) is 0 Å². The van der Waals surface area contributed by atoms with E-state index in [4.69, 9.17) is 16.8 Å². The molecular formula is C3H3ClN2O. The van der Waals surface area contributed by atoms with E-state index >= 15 is 0 Å². The molecule has 0 atom stereocenters. The lowest BCUT2D eigenvalue weighted by Gasteiger charge is -1.77. The minimum absolute atomic E-state index is 0.433. The minimum atomic E-state index is 0.433. The number of halogens is 1. The average molecular weight is 119 g/mol. The van der Waals surface area contributed by atoms with Gasteiger partial charge in [0, 0.05) is 0 Å². The fourth-order valence-electron chi connectivity index (χ4n) is 0.291. The van der Waals surface area contributed by atoms with Gasteiger partial charge in [0.05, 0.1) is 17.4 Å². The summed E-state index contributed by atoms with van der Waals surface area (Å²) in [5.41, 5.74) is 0. The van der Waals surface area contributed by atoms with Crippen molar-refractivity contribution in [3.63, 3.8) is 0 Å². The predicted molar refractivity (Wildman–Crippen MR) is 24.4 cm³/mol. The van der Waals surface area contributed by atoms with E-state index < -0.39 is 0 Å². The summed E-state index contributed by atoms with van der Waals surface area (Å²) >= 11 is 5.32. The highest BCUT2D eigenvalue weighted by molar-refractivity contribution is 6.30. The van der Waals surface area contributed by atoms with E-state index in [0.717, 1.165) is 0 Å². The van der Waals surface area contributed by atoms with Crippen molar-refractivity contribution in [3.8, 4) is 0 Å². The monoisotopic (exact) mass is 118 g/mol. The lowest BCUT2D eigenvalue weighted by atomic mass is 10.8. The summed E-state index contributed by atoms with van der Waals surface area (Å²) in [5.74, 6) is 0. The molecule has 0 aliphatic carbocycles. The molecule has 0 radical (unpaired) electrons. The molecular weight excluding hydrogens is 115 g/mol. The van der Waals surface area contributed by atoms with Gasteiger partial charge in [0.15, 0.2) is 0 Å². The first kappa shape index (κ1) is 4.46. The lowest BCUT2D eigenvalue weighted by molar-refractivity contribution is 0.149. The van der Waals surface area contributed by atoms with Gasteiger partial charge in [-0.2, -0.15) is 0 Å². The van der Waals surface area contributed by atoms with E-state index in [1.165, 1.54) is 12.4 Å². The maximum atomic E-state index is 8.37. The Balaban J connectivity index is 3.04. The Kier molecular flexibility index (Phi) is 0.906. The predicted octanol–water partition coefficient (Wildman–Crippen LogP) is 0.774. The zero-order valence-electron chi connectivity index (χ0n) is 3.37. The average Bonchev–Trinajstić information content (AvgIpc) is 1.87. The van der Waals surface area contributed by atoms with Crippen LogP contribution in [0.5, 0.6) is 0 Å². The van der Waals surface area contributed by atoms with Crippen LogP contribution in [0.1, 0.15) is 0 Å². The molecule has 1 rings (SSSR count). The molecule has 0 bridgehead atoms. The van der Waals surface area contributed by atoms with Crippen molar-refractivity contribution in [2.45, 2.75) is 0 Å². The zero-order chi connectivity index (χ0) is 5.28. The molecule has 0 aliphatic rings. The molecule has 0 saturated heterocycles. The third-order valence-corrected chi connectivity index (χ3v) is 0.733. The van der Waals surface area contributed by atoms with Crippen LogP contribution in [0.25, 0.3) is 0 Å². The highest BCUT2D eigenvalue weighted by Crippen LogP contribution is 2.01. The SMILES string of the molecule is On1cc(Cl)cn1. The van der Waals surface area contributed by atoms with Gasteiger partial charge in [0.25, 0.3) is 0 Å². The largest absolute Gasteiger partial charge is 0.412 e. The standard InChI is InChI=1S/C3H3ClN2O/c4-3-1-5-6(7)2-3/h1-2,7H. The van der Waals surface area contributed by atoms with Crippen molar-refractivity contribution in [2.24, 2.45) is 0 Å². The number of nitrogens with zero attached hydrogens (tertiary/aromatic N) is 2. The van der Waals surface area contributed by atoms with Crippen LogP contribution < -0.4 is 0 Å². The van der Waals surface area contributed by atoms with Gasteiger partial charge in [-0.3, -0.25) is 0 Å². The van der Waals surface area contributed by atoms with Gasteiger partial charge in [-0.15, -0.1) is 9.94 Å². The third kappa shape index (κ3) is 0.838. The highest BCUT2D eigenvalue weighted by Gasteiger charge is 1.86. The minimum Gasteiger partial charge on any atom is -0.412 e. The number of rotatable bonds is 0. The summed E-state index contributed by atoms with van der Waals surface area (Å²) in [4.78, 5) is 0.655. The van der Waals surface area contributed by atoms with Gasteiger partial charge in [0.2, 0.25) is 0 Å². The number of aromatic nitrogens is 2. The molecule has 0 amide bonds. The van der Waals surface area contributed by atoms with E-state index in [0.29, 0.717) is 9.87 Å². The summed E-state index contributed by atoms with van der Waals surface area (Å²) < 4.78 is 0. The van der Waals surface area contributed by atoms with E-state index in [2.05, 4.69) is 5.10 Å².